The van der Waals surface area contributed by atoms with Crippen LogP contribution >= 0.6 is 11.3 Å². The van der Waals surface area contributed by atoms with Gasteiger partial charge in [-0.25, -0.2) is 4.98 Å². The molecule has 1 saturated carbocycles. The molecule has 0 bridgehead atoms. The highest BCUT2D eigenvalue weighted by molar-refractivity contribution is 7.09. The number of nitrogens with two attached hydrogens (primary N) is 1. The Hall–Kier alpha value is -0.410. The van der Waals surface area contributed by atoms with Gasteiger partial charge in [0.25, 0.3) is 0 Å². The number of rotatable bonds is 5. The van der Waals surface area contributed by atoms with Gasteiger partial charge in [0.2, 0.25) is 0 Å². The molecule has 3 heteroatoms. The van der Waals surface area contributed by atoms with E-state index in [-0.39, 0.29) is 6.04 Å². The predicted octanol–water partition coefficient (Wildman–Crippen LogP) is 3.46. The van der Waals surface area contributed by atoms with Crippen LogP contribution in [0.2, 0.25) is 0 Å². The van der Waals surface area contributed by atoms with Gasteiger partial charge in [0.05, 0.1) is 10.7 Å². The maximum absolute atomic E-state index is 6.09. The Labute approximate surface area is 95.9 Å². The number of thiazole rings is 1. The molecule has 1 aliphatic rings. The third kappa shape index (κ3) is 2.58. The van der Waals surface area contributed by atoms with Gasteiger partial charge in [-0.3, -0.25) is 0 Å². The molecule has 2 N–H and O–H groups in total. The molecule has 84 valence electrons. The Morgan fingerprint density at radius 1 is 1.67 bits per heavy atom. The molecule has 0 saturated heterocycles. The molecule has 3 unspecified atom stereocenters. The molecule has 0 amide bonds. The van der Waals surface area contributed by atoms with E-state index in [1.165, 1.54) is 24.3 Å². The smallest absolute Gasteiger partial charge is 0.0962 e. The normalized spacial score (nSPS) is 26.6. The summed E-state index contributed by atoms with van der Waals surface area (Å²) >= 11 is 1.79. The van der Waals surface area contributed by atoms with Gasteiger partial charge in [-0.1, -0.05) is 26.7 Å². The Morgan fingerprint density at radius 3 is 3.00 bits per heavy atom. The summed E-state index contributed by atoms with van der Waals surface area (Å²) in [7, 11) is 0. The van der Waals surface area contributed by atoms with E-state index in [0.717, 1.165) is 24.0 Å². The fraction of sp³-hybridized carbons (Fsp3) is 0.750. The van der Waals surface area contributed by atoms with Crippen molar-refractivity contribution in [1.29, 1.82) is 0 Å². The number of hydrogen-bond acceptors (Lipinski definition) is 3. The highest BCUT2D eigenvalue weighted by Gasteiger charge is 2.36. The molecule has 1 aromatic rings. The predicted molar refractivity (Wildman–Crippen MR) is 65.1 cm³/mol. The SMILES string of the molecule is CCCCC(N)c1csc(C2CC2C)n1. The van der Waals surface area contributed by atoms with Gasteiger partial charge in [-0.05, 0) is 18.8 Å². The minimum absolute atomic E-state index is 0.156. The van der Waals surface area contributed by atoms with Gasteiger partial charge in [0.15, 0.2) is 0 Å². The molecule has 3 atom stereocenters. The summed E-state index contributed by atoms with van der Waals surface area (Å²) in [4.78, 5) is 4.67. The molecule has 0 aromatic carbocycles. The van der Waals surface area contributed by atoms with Crippen LogP contribution in [0.1, 0.15) is 62.2 Å². The largest absolute Gasteiger partial charge is 0.323 e. The van der Waals surface area contributed by atoms with E-state index in [4.69, 9.17) is 5.73 Å². The van der Waals surface area contributed by atoms with Gasteiger partial charge in [0.1, 0.15) is 0 Å². The average molecular weight is 224 g/mol. The second-order valence-corrected chi connectivity index (χ2v) is 5.57. The molecule has 1 heterocycles. The minimum atomic E-state index is 0.156. The number of hydrogen-bond donors (Lipinski definition) is 1. The minimum Gasteiger partial charge on any atom is -0.323 e. The first-order valence-electron chi connectivity index (χ1n) is 5.93. The summed E-state index contributed by atoms with van der Waals surface area (Å²) in [6, 6.07) is 0.156. The van der Waals surface area contributed by atoms with Crippen LogP contribution in [0, 0.1) is 5.92 Å². The van der Waals surface area contributed by atoms with Gasteiger partial charge in [-0.15, -0.1) is 11.3 Å². The topological polar surface area (TPSA) is 38.9 Å². The molecule has 15 heavy (non-hydrogen) atoms. The maximum Gasteiger partial charge on any atom is 0.0962 e. The monoisotopic (exact) mass is 224 g/mol. The highest BCUT2D eigenvalue weighted by atomic mass is 32.1. The average Bonchev–Trinajstić information content (AvgIpc) is 2.80. The summed E-state index contributed by atoms with van der Waals surface area (Å²) in [5, 5.41) is 3.46. The van der Waals surface area contributed by atoms with E-state index in [2.05, 4.69) is 24.2 Å². The lowest BCUT2D eigenvalue weighted by Gasteiger charge is -2.06. The summed E-state index contributed by atoms with van der Waals surface area (Å²) in [6.45, 7) is 4.49. The first-order valence-corrected chi connectivity index (χ1v) is 6.81. The van der Waals surface area contributed by atoms with E-state index in [1.807, 2.05) is 0 Å². The van der Waals surface area contributed by atoms with Crippen molar-refractivity contribution >= 4 is 11.3 Å². The zero-order chi connectivity index (χ0) is 10.8. The molecule has 1 fully saturated rings. The van der Waals surface area contributed by atoms with Crippen molar-refractivity contribution in [3.05, 3.63) is 16.1 Å². The Balaban J connectivity index is 1.94. The van der Waals surface area contributed by atoms with Crippen LogP contribution in [0.4, 0.5) is 0 Å². The lowest BCUT2D eigenvalue weighted by Crippen LogP contribution is -2.10. The van der Waals surface area contributed by atoms with Gasteiger partial charge >= 0.3 is 0 Å². The fourth-order valence-corrected chi connectivity index (χ4v) is 3.01. The summed E-state index contributed by atoms with van der Waals surface area (Å²) in [6.07, 6.45) is 4.80. The molecular weight excluding hydrogens is 204 g/mol. The van der Waals surface area contributed by atoms with Crippen LogP contribution in [0.15, 0.2) is 5.38 Å². The molecule has 1 aliphatic carbocycles. The Morgan fingerprint density at radius 2 is 2.40 bits per heavy atom. The third-order valence-electron chi connectivity index (χ3n) is 3.21. The van der Waals surface area contributed by atoms with Crippen molar-refractivity contribution in [2.75, 3.05) is 0 Å². The number of unbranched alkanes of at least 4 members (excludes halogenated alkanes) is 1. The highest BCUT2D eigenvalue weighted by Crippen LogP contribution is 2.48. The molecule has 1 aromatic heterocycles. The molecule has 2 rings (SSSR count). The van der Waals surface area contributed by atoms with Crippen LogP contribution in [-0.2, 0) is 0 Å². The molecule has 0 aliphatic heterocycles. The summed E-state index contributed by atoms with van der Waals surface area (Å²) < 4.78 is 0. The van der Waals surface area contributed by atoms with Gasteiger partial charge in [0, 0.05) is 17.3 Å². The fourth-order valence-electron chi connectivity index (χ4n) is 1.88. The lowest BCUT2D eigenvalue weighted by molar-refractivity contribution is 0.591. The van der Waals surface area contributed by atoms with Crippen LogP contribution in [-0.4, -0.2) is 4.98 Å². The second-order valence-electron chi connectivity index (χ2n) is 4.68. The van der Waals surface area contributed by atoms with E-state index in [0.29, 0.717) is 0 Å². The number of aromatic nitrogens is 1. The maximum atomic E-state index is 6.09. The first kappa shape index (κ1) is 11.1. The molecule has 2 nitrogen and oxygen atoms in total. The Kier molecular flexibility index (Phi) is 3.42. The van der Waals surface area contributed by atoms with Crippen molar-refractivity contribution in [3.8, 4) is 0 Å². The standard InChI is InChI=1S/C12H20N2S/c1-3-4-5-10(13)11-7-15-12(14-11)9-6-8(9)2/h7-10H,3-6,13H2,1-2H3. The third-order valence-corrected chi connectivity index (χ3v) is 4.21. The van der Waals surface area contributed by atoms with E-state index in [9.17, 15) is 0 Å². The van der Waals surface area contributed by atoms with Crippen LogP contribution in [0.25, 0.3) is 0 Å². The van der Waals surface area contributed by atoms with Crippen LogP contribution < -0.4 is 5.73 Å². The van der Waals surface area contributed by atoms with Crippen molar-refractivity contribution in [2.45, 2.75) is 51.5 Å². The zero-order valence-electron chi connectivity index (χ0n) is 9.57. The Bertz CT molecular complexity index is 321. The lowest BCUT2D eigenvalue weighted by atomic mass is 10.1. The molecule has 0 spiro atoms. The second kappa shape index (κ2) is 4.62. The van der Waals surface area contributed by atoms with Gasteiger partial charge in [-0.2, -0.15) is 0 Å². The quantitative estimate of drug-likeness (QED) is 0.832. The number of nitrogens with zero attached hydrogens (tertiary/aromatic N) is 1. The first-order chi connectivity index (χ1) is 7.22. The van der Waals surface area contributed by atoms with Crippen LogP contribution in [0.5, 0.6) is 0 Å². The van der Waals surface area contributed by atoms with Gasteiger partial charge < -0.3 is 5.73 Å². The van der Waals surface area contributed by atoms with E-state index in [1.54, 1.807) is 11.3 Å². The zero-order valence-corrected chi connectivity index (χ0v) is 10.4. The van der Waals surface area contributed by atoms with E-state index < -0.39 is 0 Å². The van der Waals surface area contributed by atoms with Crippen molar-refractivity contribution < 1.29 is 0 Å². The van der Waals surface area contributed by atoms with Crippen LogP contribution in [0.3, 0.4) is 0 Å². The molecule has 0 radical (unpaired) electrons. The summed E-state index contributed by atoms with van der Waals surface area (Å²) in [5.41, 5.74) is 7.21. The molecular formula is C12H20N2S. The summed E-state index contributed by atoms with van der Waals surface area (Å²) in [5.74, 6) is 1.58. The van der Waals surface area contributed by atoms with Crippen molar-refractivity contribution in [2.24, 2.45) is 11.7 Å². The van der Waals surface area contributed by atoms with Crippen molar-refractivity contribution in [1.82, 2.24) is 4.98 Å². The van der Waals surface area contributed by atoms with Crippen molar-refractivity contribution in [3.63, 3.8) is 0 Å². The van der Waals surface area contributed by atoms with E-state index >= 15 is 0 Å².